The second kappa shape index (κ2) is 6.35. The van der Waals surface area contributed by atoms with E-state index in [2.05, 4.69) is 0 Å². The second-order valence-corrected chi connectivity index (χ2v) is 4.96. The summed E-state index contributed by atoms with van der Waals surface area (Å²) in [4.78, 5) is 0. The van der Waals surface area contributed by atoms with Gasteiger partial charge in [-0.1, -0.05) is 66.7 Å². The first-order chi connectivity index (χ1) is 10.8. The summed E-state index contributed by atoms with van der Waals surface area (Å²) in [5, 5.41) is 10.3. The van der Waals surface area contributed by atoms with Crippen molar-refractivity contribution in [2.75, 3.05) is 7.11 Å². The molecule has 3 aromatic carbocycles. The Morgan fingerprint density at radius 2 is 1.32 bits per heavy atom. The number of hydrogen-bond acceptors (Lipinski definition) is 2. The van der Waals surface area contributed by atoms with E-state index in [9.17, 15) is 5.11 Å². The number of para-hydroxylation sites is 2. The van der Waals surface area contributed by atoms with Crippen molar-refractivity contribution in [1.82, 2.24) is 0 Å². The van der Waals surface area contributed by atoms with Gasteiger partial charge in [0.25, 0.3) is 0 Å². The third-order valence-corrected chi connectivity index (χ3v) is 3.61. The quantitative estimate of drug-likeness (QED) is 0.720. The fraction of sp³-hybridized carbons (Fsp3) is 0.0500. The van der Waals surface area contributed by atoms with Gasteiger partial charge in [-0.15, -0.1) is 0 Å². The van der Waals surface area contributed by atoms with Crippen LogP contribution < -0.4 is 4.74 Å². The second-order valence-electron chi connectivity index (χ2n) is 4.96. The average Bonchev–Trinajstić information content (AvgIpc) is 2.58. The molecule has 2 nitrogen and oxygen atoms in total. The Balaban J connectivity index is 2.22. The van der Waals surface area contributed by atoms with Crippen molar-refractivity contribution in [3.8, 4) is 11.5 Å². The van der Waals surface area contributed by atoms with E-state index in [-0.39, 0.29) is 5.75 Å². The highest BCUT2D eigenvalue weighted by Gasteiger charge is 2.23. The van der Waals surface area contributed by atoms with E-state index >= 15 is 0 Å². The first-order valence-corrected chi connectivity index (χ1v) is 7.15. The molecule has 0 aliphatic carbocycles. The van der Waals surface area contributed by atoms with Gasteiger partial charge < -0.3 is 9.84 Å². The van der Waals surface area contributed by atoms with Gasteiger partial charge in [-0.05, 0) is 17.7 Å². The summed E-state index contributed by atoms with van der Waals surface area (Å²) in [6, 6.07) is 25.3. The minimum atomic E-state index is 0.257. The zero-order valence-electron chi connectivity index (χ0n) is 12.4. The molecule has 3 aromatic rings. The summed E-state index contributed by atoms with van der Waals surface area (Å²) in [7, 11) is 1.66. The summed E-state index contributed by atoms with van der Waals surface area (Å²) in [5.41, 5.74) is 2.78. The van der Waals surface area contributed by atoms with Crippen LogP contribution in [0.3, 0.4) is 0 Å². The number of rotatable bonds is 4. The molecule has 0 aliphatic rings. The molecular weight excluding hydrogens is 272 g/mol. The maximum atomic E-state index is 10.3. The molecule has 0 aliphatic heterocycles. The first-order valence-electron chi connectivity index (χ1n) is 7.15. The fourth-order valence-electron chi connectivity index (χ4n) is 2.60. The summed E-state index contributed by atoms with van der Waals surface area (Å²) < 4.78 is 5.51. The predicted octanol–water partition coefficient (Wildman–Crippen LogP) is 4.42. The van der Waals surface area contributed by atoms with E-state index < -0.39 is 0 Å². The van der Waals surface area contributed by atoms with Crippen molar-refractivity contribution >= 4 is 0 Å². The van der Waals surface area contributed by atoms with Gasteiger partial charge in [-0.25, -0.2) is 0 Å². The zero-order chi connectivity index (χ0) is 15.4. The molecule has 0 spiro atoms. The van der Waals surface area contributed by atoms with Crippen LogP contribution >= 0.6 is 0 Å². The van der Waals surface area contributed by atoms with Crippen LogP contribution in [-0.2, 0) is 0 Å². The molecule has 0 saturated heterocycles. The molecule has 3 rings (SSSR count). The van der Waals surface area contributed by atoms with Gasteiger partial charge in [-0.2, -0.15) is 0 Å². The molecule has 109 valence electrons. The van der Waals surface area contributed by atoms with Crippen LogP contribution in [0.15, 0.2) is 78.9 Å². The Labute approximate surface area is 130 Å². The number of phenolic OH excluding ortho intramolecular Hbond substituents is 1. The number of ether oxygens (including phenoxy) is 1. The predicted molar refractivity (Wildman–Crippen MR) is 88.1 cm³/mol. The van der Waals surface area contributed by atoms with Gasteiger partial charge in [0.2, 0.25) is 0 Å². The van der Waals surface area contributed by atoms with Crippen molar-refractivity contribution in [2.24, 2.45) is 0 Å². The van der Waals surface area contributed by atoms with Crippen LogP contribution in [0.5, 0.6) is 11.5 Å². The molecule has 0 atom stereocenters. The van der Waals surface area contributed by atoms with Crippen LogP contribution in [0.2, 0.25) is 0 Å². The molecule has 0 saturated carbocycles. The van der Waals surface area contributed by atoms with Crippen LogP contribution in [0.25, 0.3) is 0 Å². The SMILES string of the molecule is COc1ccccc1[C](c1ccccc1)c1ccccc1O. The number of methoxy groups -OCH3 is 1. The molecular formula is C20H17O2. The Kier molecular flexibility index (Phi) is 4.10. The molecule has 0 unspecified atom stereocenters. The van der Waals surface area contributed by atoms with Gasteiger partial charge in [0.1, 0.15) is 11.5 Å². The normalized spacial score (nSPS) is 10.6. The molecule has 0 amide bonds. The maximum absolute atomic E-state index is 10.3. The highest BCUT2D eigenvalue weighted by Crippen LogP contribution is 2.39. The monoisotopic (exact) mass is 289 g/mol. The van der Waals surface area contributed by atoms with Crippen LogP contribution in [-0.4, -0.2) is 12.2 Å². The minimum absolute atomic E-state index is 0.257. The van der Waals surface area contributed by atoms with Crippen LogP contribution in [0.4, 0.5) is 0 Å². The Morgan fingerprint density at radius 3 is 2.00 bits per heavy atom. The van der Waals surface area contributed by atoms with Gasteiger partial charge in [-0.3, -0.25) is 0 Å². The van der Waals surface area contributed by atoms with E-state index in [1.165, 1.54) is 0 Å². The molecule has 2 heteroatoms. The lowest BCUT2D eigenvalue weighted by Gasteiger charge is -2.21. The molecule has 1 N–H and O–H groups in total. The Bertz CT molecular complexity index is 750. The molecule has 1 radical (unpaired) electrons. The number of phenols is 1. The summed E-state index contributed by atoms with van der Waals surface area (Å²) in [6.07, 6.45) is 0. The smallest absolute Gasteiger partial charge is 0.123 e. The van der Waals surface area contributed by atoms with Crippen LogP contribution in [0.1, 0.15) is 16.7 Å². The largest absolute Gasteiger partial charge is 0.508 e. The molecule has 22 heavy (non-hydrogen) atoms. The minimum Gasteiger partial charge on any atom is -0.508 e. The van der Waals surface area contributed by atoms with E-state index in [4.69, 9.17) is 4.74 Å². The zero-order valence-corrected chi connectivity index (χ0v) is 12.4. The summed E-state index contributed by atoms with van der Waals surface area (Å²) in [5.74, 6) is 1.99. The summed E-state index contributed by atoms with van der Waals surface area (Å²) in [6.45, 7) is 0. The van der Waals surface area contributed by atoms with E-state index in [0.717, 1.165) is 28.4 Å². The number of hydrogen-bond donors (Lipinski definition) is 1. The average molecular weight is 289 g/mol. The highest BCUT2D eigenvalue weighted by atomic mass is 16.5. The number of aromatic hydroxyl groups is 1. The molecule has 0 bridgehead atoms. The highest BCUT2D eigenvalue weighted by molar-refractivity contribution is 5.64. The van der Waals surface area contributed by atoms with Crippen molar-refractivity contribution < 1.29 is 9.84 Å². The van der Waals surface area contributed by atoms with Crippen molar-refractivity contribution in [2.45, 2.75) is 0 Å². The van der Waals surface area contributed by atoms with Crippen molar-refractivity contribution in [3.63, 3.8) is 0 Å². The first kappa shape index (κ1) is 14.2. The molecule has 0 fully saturated rings. The van der Waals surface area contributed by atoms with Gasteiger partial charge in [0.15, 0.2) is 0 Å². The summed E-state index contributed by atoms with van der Waals surface area (Å²) >= 11 is 0. The lowest BCUT2D eigenvalue weighted by molar-refractivity contribution is 0.411. The molecule has 0 aromatic heterocycles. The third-order valence-electron chi connectivity index (χ3n) is 3.61. The van der Waals surface area contributed by atoms with E-state index in [1.807, 2.05) is 72.8 Å². The van der Waals surface area contributed by atoms with Gasteiger partial charge in [0, 0.05) is 11.1 Å². The van der Waals surface area contributed by atoms with Gasteiger partial charge >= 0.3 is 0 Å². The number of benzene rings is 3. The Hall–Kier alpha value is -2.74. The Morgan fingerprint density at radius 1 is 0.727 bits per heavy atom. The van der Waals surface area contributed by atoms with E-state index in [1.54, 1.807) is 13.2 Å². The van der Waals surface area contributed by atoms with Crippen molar-refractivity contribution in [1.29, 1.82) is 0 Å². The maximum Gasteiger partial charge on any atom is 0.123 e. The fourth-order valence-corrected chi connectivity index (χ4v) is 2.60. The van der Waals surface area contributed by atoms with Crippen molar-refractivity contribution in [3.05, 3.63) is 101 Å². The van der Waals surface area contributed by atoms with Crippen LogP contribution in [0, 0.1) is 5.92 Å². The van der Waals surface area contributed by atoms with E-state index in [0.29, 0.717) is 0 Å². The third kappa shape index (κ3) is 2.68. The lowest BCUT2D eigenvalue weighted by Crippen LogP contribution is -2.06. The molecule has 0 heterocycles. The standard InChI is InChI=1S/C20H17O2/c1-22-19-14-8-6-12-17(19)20(15-9-3-2-4-10-15)16-11-5-7-13-18(16)21/h2-14,21H,1H3. The lowest BCUT2D eigenvalue weighted by atomic mass is 9.84. The topological polar surface area (TPSA) is 29.5 Å². The van der Waals surface area contributed by atoms with Gasteiger partial charge in [0.05, 0.1) is 13.0 Å².